The third-order valence-electron chi connectivity index (χ3n) is 4.84. The average Bonchev–Trinajstić information content (AvgIpc) is 3.20. The Morgan fingerprint density at radius 2 is 2.00 bits per heavy atom. The van der Waals surface area contributed by atoms with E-state index in [-0.39, 0.29) is 24.2 Å². The van der Waals surface area contributed by atoms with Crippen molar-refractivity contribution in [3.05, 3.63) is 70.8 Å². The summed E-state index contributed by atoms with van der Waals surface area (Å²) in [4.78, 5) is 38.6. The third kappa shape index (κ3) is 4.25. The maximum Gasteiger partial charge on any atom is 0.294 e. The van der Waals surface area contributed by atoms with E-state index in [0.717, 1.165) is 44.4 Å². The lowest BCUT2D eigenvalue weighted by molar-refractivity contribution is -0.122. The Hall–Kier alpha value is -3.76. The number of nitrogens with zero attached hydrogens (tertiary/aromatic N) is 2. The fourth-order valence-electron chi connectivity index (χ4n) is 3.47. The van der Waals surface area contributed by atoms with E-state index in [1.54, 1.807) is 6.08 Å². The van der Waals surface area contributed by atoms with Gasteiger partial charge in [0.1, 0.15) is 6.54 Å². The van der Waals surface area contributed by atoms with Gasteiger partial charge in [-0.25, -0.2) is 0 Å². The number of imide groups is 1. The quantitative estimate of drug-likeness (QED) is 0.486. The smallest absolute Gasteiger partial charge is 0.294 e. The molecule has 1 aromatic heterocycles. The van der Waals surface area contributed by atoms with E-state index in [4.69, 9.17) is 6.42 Å². The first-order valence-electron chi connectivity index (χ1n) is 9.59. The van der Waals surface area contributed by atoms with Gasteiger partial charge in [-0.15, -0.1) is 6.42 Å². The van der Waals surface area contributed by atoms with Gasteiger partial charge in [-0.2, -0.15) is 0 Å². The van der Waals surface area contributed by atoms with Gasteiger partial charge in [-0.3, -0.25) is 19.3 Å². The molecular weight excluding hydrogens is 410 g/mol. The largest absolute Gasteiger partial charge is 0.337 e. The van der Waals surface area contributed by atoms with Gasteiger partial charge >= 0.3 is 0 Å². The van der Waals surface area contributed by atoms with Crippen LogP contribution < -0.4 is 5.32 Å². The lowest BCUT2D eigenvalue weighted by Crippen LogP contribution is -2.28. The molecule has 2 heterocycles. The summed E-state index contributed by atoms with van der Waals surface area (Å²) in [5.41, 5.74) is 3.41. The van der Waals surface area contributed by atoms with Crippen LogP contribution in [0.2, 0.25) is 0 Å². The fraction of sp³-hybridized carbons (Fsp3) is 0.125. The van der Waals surface area contributed by atoms with Gasteiger partial charge in [0.05, 0.1) is 11.4 Å². The number of nitrogens with one attached hydrogen (secondary N) is 1. The van der Waals surface area contributed by atoms with Crippen molar-refractivity contribution in [3.8, 4) is 12.3 Å². The summed E-state index contributed by atoms with van der Waals surface area (Å²) in [7, 11) is 0. The van der Waals surface area contributed by atoms with Gasteiger partial charge in [0.15, 0.2) is 0 Å². The Morgan fingerprint density at radius 3 is 2.77 bits per heavy atom. The van der Waals surface area contributed by atoms with Crippen molar-refractivity contribution in [2.75, 3.05) is 11.9 Å². The molecule has 0 aliphatic carbocycles. The van der Waals surface area contributed by atoms with Crippen LogP contribution in [0.3, 0.4) is 0 Å². The molecule has 2 aromatic carbocycles. The lowest BCUT2D eigenvalue weighted by Gasteiger charge is -2.08. The molecule has 154 valence electrons. The molecule has 7 heteroatoms. The summed E-state index contributed by atoms with van der Waals surface area (Å²) in [6.45, 7) is 2.02. The van der Waals surface area contributed by atoms with Crippen molar-refractivity contribution >= 4 is 51.5 Å². The Kier molecular flexibility index (Phi) is 5.65. The molecule has 0 bridgehead atoms. The number of carbonyl (C=O) groups excluding carboxylic acids is 3. The minimum absolute atomic E-state index is 0.0527. The van der Waals surface area contributed by atoms with Crippen LogP contribution in [0.1, 0.15) is 11.1 Å². The Labute approximate surface area is 183 Å². The molecule has 0 atom stereocenters. The highest BCUT2D eigenvalue weighted by atomic mass is 32.2. The first-order chi connectivity index (χ1) is 15.0. The summed E-state index contributed by atoms with van der Waals surface area (Å²) >= 11 is 0.866. The van der Waals surface area contributed by atoms with E-state index in [9.17, 15) is 14.4 Å². The highest BCUT2D eigenvalue weighted by Gasteiger charge is 2.34. The Morgan fingerprint density at radius 1 is 1.19 bits per heavy atom. The number of anilines is 1. The number of para-hydroxylation sites is 1. The van der Waals surface area contributed by atoms with Crippen LogP contribution in [-0.2, 0) is 16.1 Å². The standard InChI is InChI=1S/C24H19N3O3S/c1-3-11-27-23(29)21(31-24(27)30)13-17-14-26(20-10-5-4-9-19(17)20)15-22(28)25-18-8-6-7-16(2)12-18/h1,4-10,12-14H,11,15H2,2H3,(H,25,28)/b21-13+. The van der Waals surface area contributed by atoms with E-state index in [2.05, 4.69) is 11.2 Å². The molecule has 3 aromatic rings. The first-order valence-corrected chi connectivity index (χ1v) is 10.4. The molecule has 1 fully saturated rings. The van der Waals surface area contributed by atoms with Crippen LogP contribution in [0.4, 0.5) is 10.5 Å². The zero-order valence-corrected chi connectivity index (χ0v) is 17.6. The molecule has 0 unspecified atom stereocenters. The summed E-state index contributed by atoms with van der Waals surface area (Å²) in [6, 6.07) is 15.2. The van der Waals surface area contributed by atoms with Crippen molar-refractivity contribution in [1.82, 2.24) is 9.47 Å². The van der Waals surface area contributed by atoms with Crippen molar-refractivity contribution in [1.29, 1.82) is 0 Å². The number of benzene rings is 2. The number of rotatable bonds is 5. The van der Waals surface area contributed by atoms with Crippen molar-refractivity contribution < 1.29 is 14.4 Å². The highest BCUT2D eigenvalue weighted by Crippen LogP contribution is 2.34. The second kappa shape index (κ2) is 8.54. The molecular formula is C24H19N3O3S. The topological polar surface area (TPSA) is 71.4 Å². The molecule has 4 rings (SSSR count). The van der Waals surface area contributed by atoms with Crippen LogP contribution in [-0.4, -0.2) is 33.1 Å². The van der Waals surface area contributed by atoms with Crippen molar-refractivity contribution in [3.63, 3.8) is 0 Å². The zero-order chi connectivity index (χ0) is 22.0. The summed E-state index contributed by atoms with van der Waals surface area (Å²) in [5.74, 6) is 1.77. The van der Waals surface area contributed by atoms with Gasteiger partial charge in [-0.05, 0) is 48.5 Å². The van der Waals surface area contributed by atoms with E-state index in [1.807, 2.05) is 66.2 Å². The number of terminal acetylenes is 1. The maximum atomic E-state index is 12.6. The second-order valence-corrected chi connectivity index (χ2v) is 8.11. The van der Waals surface area contributed by atoms with E-state index in [0.29, 0.717) is 4.91 Å². The number of hydrogen-bond donors (Lipinski definition) is 1. The van der Waals surface area contributed by atoms with Gasteiger partial charge in [0.2, 0.25) is 5.91 Å². The average molecular weight is 430 g/mol. The van der Waals surface area contributed by atoms with Crippen LogP contribution in [0.5, 0.6) is 0 Å². The molecule has 1 aliphatic rings. The zero-order valence-electron chi connectivity index (χ0n) is 16.8. The molecule has 6 nitrogen and oxygen atoms in total. The summed E-state index contributed by atoms with van der Waals surface area (Å²) in [6.07, 6.45) is 8.75. The van der Waals surface area contributed by atoms with Crippen LogP contribution in [0.25, 0.3) is 17.0 Å². The summed E-state index contributed by atoms with van der Waals surface area (Å²) in [5, 5.41) is 3.41. The number of amides is 3. The highest BCUT2D eigenvalue weighted by molar-refractivity contribution is 8.18. The lowest BCUT2D eigenvalue weighted by atomic mass is 10.1. The fourth-order valence-corrected chi connectivity index (χ4v) is 4.30. The van der Waals surface area contributed by atoms with E-state index in [1.165, 1.54) is 0 Å². The molecule has 0 saturated carbocycles. The Balaban J connectivity index is 1.62. The first kappa shape index (κ1) is 20.5. The molecule has 1 aliphatic heterocycles. The van der Waals surface area contributed by atoms with Crippen LogP contribution in [0.15, 0.2) is 59.6 Å². The van der Waals surface area contributed by atoms with Crippen molar-refractivity contribution in [2.45, 2.75) is 13.5 Å². The minimum Gasteiger partial charge on any atom is -0.337 e. The molecule has 0 radical (unpaired) electrons. The monoisotopic (exact) mass is 429 g/mol. The second-order valence-electron chi connectivity index (χ2n) is 7.12. The molecule has 0 spiro atoms. The van der Waals surface area contributed by atoms with Gasteiger partial charge < -0.3 is 9.88 Å². The predicted octanol–water partition coefficient (Wildman–Crippen LogP) is 4.26. The number of carbonyl (C=O) groups is 3. The van der Waals surface area contributed by atoms with Crippen molar-refractivity contribution in [2.24, 2.45) is 0 Å². The van der Waals surface area contributed by atoms with E-state index >= 15 is 0 Å². The number of fused-ring (bicyclic) bond motifs is 1. The number of hydrogen-bond acceptors (Lipinski definition) is 4. The third-order valence-corrected chi connectivity index (χ3v) is 5.75. The van der Waals surface area contributed by atoms with E-state index < -0.39 is 5.91 Å². The SMILES string of the molecule is C#CCN1C(=O)S/C(=C/c2cn(CC(=O)Nc3cccc(C)c3)c3ccccc23)C1=O. The van der Waals surface area contributed by atoms with Gasteiger partial charge in [0.25, 0.3) is 11.1 Å². The number of aromatic nitrogens is 1. The molecule has 3 amide bonds. The minimum atomic E-state index is -0.401. The number of thioether (sulfide) groups is 1. The number of aryl methyl sites for hydroxylation is 1. The molecule has 1 saturated heterocycles. The molecule has 1 N–H and O–H groups in total. The summed E-state index contributed by atoms with van der Waals surface area (Å²) < 4.78 is 1.83. The molecule has 31 heavy (non-hydrogen) atoms. The Bertz CT molecular complexity index is 1280. The van der Waals surface area contributed by atoms with Gasteiger partial charge in [-0.1, -0.05) is 36.3 Å². The van der Waals surface area contributed by atoms with Crippen LogP contribution in [0, 0.1) is 19.3 Å². The predicted molar refractivity (Wildman–Crippen MR) is 123 cm³/mol. The van der Waals surface area contributed by atoms with Gasteiger partial charge in [0, 0.05) is 28.4 Å². The maximum absolute atomic E-state index is 12.6. The normalized spacial score (nSPS) is 15.0. The van der Waals surface area contributed by atoms with Crippen LogP contribution >= 0.6 is 11.8 Å².